The molecular formula is C40H39Br2IN4O4S2. The highest BCUT2D eigenvalue weighted by Gasteiger charge is 2.55. The summed E-state index contributed by atoms with van der Waals surface area (Å²) < 4.78 is 15.5. The van der Waals surface area contributed by atoms with E-state index in [9.17, 15) is 9.59 Å². The molecule has 1 fully saturated rings. The molecule has 0 aromatic heterocycles. The lowest BCUT2D eigenvalue weighted by Gasteiger charge is -2.38. The van der Waals surface area contributed by atoms with Crippen LogP contribution in [0.2, 0.25) is 0 Å². The number of likely N-dealkylation sites (N-methyl/N-ethyl adjacent to an activating group) is 1. The topological polar surface area (TPSA) is 92.3 Å². The Labute approximate surface area is 350 Å². The largest absolute Gasteiger partial charge is 0.485 e. The van der Waals surface area contributed by atoms with Crippen LogP contribution in [0.4, 0.5) is 0 Å². The summed E-state index contributed by atoms with van der Waals surface area (Å²) in [6.45, 7) is 6.81. The van der Waals surface area contributed by atoms with Crippen molar-refractivity contribution < 1.29 is 19.1 Å². The normalized spacial score (nSPS) is 23.6. The smallest absolute Gasteiger partial charge is 0.261 e. The number of carbonyl (C=O) groups excluding carboxylic acids is 2. The minimum absolute atomic E-state index is 0.0459. The molecule has 13 heteroatoms. The Bertz CT molecular complexity index is 2020. The number of rotatable bonds is 4. The average molecular weight is 991 g/mol. The first-order chi connectivity index (χ1) is 25.6. The molecule has 1 saturated heterocycles. The molecule has 4 atom stereocenters. The average Bonchev–Trinajstić information content (AvgIpc) is 3.59. The second-order valence-corrected chi connectivity index (χ2v) is 17.5. The quantitative estimate of drug-likeness (QED) is 0.120. The number of aliphatic imine (C=N–C) groups is 1. The van der Waals surface area contributed by atoms with Crippen LogP contribution in [0.25, 0.3) is 0 Å². The lowest BCUT2D eigenvalue weighted by atomic mass is 9.80. The molecular weight excluding hydrogens is 951 g/mol. The summed E-state index contributed by atoms with van der Waals surface area (Å²) in [6, 6.07) is 31.5. The molecule has 4 aliphatic rings. The number of amides is 2. The van der Waals surface area contributed by atoms with Gasteiger partial charge in [0, 0.05) is 39.5 Å². The second-order valence-electron chi connectivity index (χ2n) is 12.5. The number of halogens is 3. The number of nitrogens with one attached hydrogen (secondary N) is 2. The standard InChI is InChI=1S/C21H21BrN2O2S.C17H13BrN2O2S.C2H5I/c1-3-24-19(25)21(23-20(24)27-4-2)13-18(14-8-6-5-7-9-14)26-17-11-10-15(22)12-16(17)21;18-11-6-7-13-12(8-11)17(15(21)19-16(23)20-17)9-14(22-13)10-4-2-1-3-5-10;1-2-3/h5-12,18H,3-4,13H2,1-2H3;1-8,14H,9H2,(H2,19,20,21,23);2H2,1H3. The first-order valence-corrected chi connectivity index (χ1v) is 21.9. The van der Waals surface area contributed by atoms with Gasteiger partial charge in [-0.25, -0.2) is 4.99 Å². The van der Waals surface area contributed by atoms with Crippen molar-refractivity contribution in [3.63, 3.8) is 0 Å². The van der Waals surface area contributed by atoms with Gasteiger partial charge in [0.05, 0.1) is 0 Å². The maximum atomic E-state index is 13.6. The molecule has 53 heavy (non-hydrogen) atoms. The summed E-state index contributed by atoms with van der Waals surface area (Å²) in [5, 5.41) is 7.06. The maximum Gasteiger partial charge on any atom is 0.261 e. The molecule has 4 aromatic carbocycles. The Morgan fingerprint density at radius 1 is 0.849 bits per heavy atom. The first-order valence-electron chi connectivity index (χ1n) is 17.4. The fourth-order valence-electron chi connectivity index (χ4n) is 6.96. The number of thiocarbonyl (C=S) groups is 1. The van der Waals surface area contributed by atoms with Crippen LogP contribution in [0.5, 0.6) is 11.5 Å². The van der Waals surface area contributed by atoms with Gasteiger partial charge in [0.15, 0.2) is 21.4 Å². The second kappa shape index (κ2) is 17.2. The van der Waals surface area contributed by atoms with E-state index in [4.69, 9.17) is 26.7 Å². The van der Waals surface area contributed by atoms with Gasteiger partial charge in [-0.15, -0.1) is 0 Å². The van der Waals surface area contributed by atoms with Crippen molar-refractivity contribution in [2.24, 2.45) is 4.99 Å². The zero-order valence-electron chi connectivity index (χ0n) is 29.4. The minimum atomic E-state index is -0.925. The van der Waals surface area contributed by atoms with Crippen molar-refractivity contribution >= 4 is 101 Å². The molecule has 0 saturated carbocycles. The molecule has 4 heterocycles. The number of nitrogens with zero attached hydrogens (tertiary/aromatic N) is 2. The third kappa shape index (κ3) is 8.05. The van der Waals surface area contributed by atoms with Crippen molar-refractivity contribution in [1.29, 1.82) is 0 Å². The van der Waals surface area contributed by atoms with Crippen molar-refractivity contribution in [3.8, 4) is 11.5 Å². The van der Waals surface area contributed by atoms with E-state index in [0.717, 1.165) is 47.9 Å². The van der Waals surface area contributed by atoms with E-state index in [1.165, 1.54) is 4.43 Å². The van der Waals surface area contributed by atoms with Crippen molar-refractivity contribution in [2.45, 2.75) is 56.9 Å². The van der Waals surface area contributed by atoms with Gasteiger partial charge in [0.25, 0.3) is 11.8 Å². The number of carbonyl (C=O) groups is 2. The zero-order valence-corrected chi connectivity index (χ0v) is 36.4. The molecule has 0 bridgehead atoms. The molecule has 4 aliphatic heterocycles. The highest BCUT2D eigenvalue weighted by molar-refractivity contribution is 14.1. The lowest BCUT2D eigenvalue weighted by molar-refractivity contribution is -0.133. The number of amidine groups is 1. The van der Waals surface area contributed by atoms with Crippen LogP contribution in [0.15, 0.2) is 111 Å². The van der Waals surface area contributed by atoms with Crippen LogP contribution in [-0.4, -0.2) is 43.7 Å². The number of benzene rings is 4. The van der Waals surface area contributed by atoms with Gasteiger partial charge < -0.3 is 20.1 Å². The number of alkyl halides is 1. The number of ether oxygens (including phenoxy) is 2. The van der Waals surface area contributed by atoms with E-state index in [-0.39, 0.29) is 24.0 Å². The molecule has 276 valence electrons. The molecule has 4 unspecified atom stereocenters. The molecule has 8 rings (SSSR count). The summed E-state index contributed by atoms with van der Waals surface area (Å²) in [5.74, 6) is 2.22. The van der Waals surface area contributed by atoms with Crippen molar-refractivity contribution in [2.75, 3.05) is 16.7 Å². The monoisotopic (exact) mass is 988 g/mol. The zero-order chi connectivity index (χ0) is 37.8. The van der Waals surface area contributed by atoms with Crippen LogP contribution in [0.3, 0.4) is 0 Å². The number of hydrogen-bond acceptors (Lipinski definition) is 7. The van der Waals surface area contributed by atoms with Gasteiger partial charge in [0.1, 0.15) is 23.7 Å². The van der Waals surface area contributed by atoms with Gasteiger partial charge in [0.2, 0.25) is 0 Å². The third-order valence-corrected chi connectivity index (χ3v) is 11.3. The van der Waals surface area contributed by atoms with Crippen LogP contribution in [0, 0.1) is 0 Å². The number of fused-ring (bicyclic) bond motifs is 4. The van der Waals surface area contributed by atoms with Crippen LogP contribution >= 0.6 is 78.4 Å². The molecule has 4 aromatic rings. The first kappa shape index (κ1) is 39.7. The molecule has 0 radical (unpaired) electrons. The Balaban J connectivity index is 0.000000171. The van der Waals surface area contributed by atoms with E-state index in [2.05, 4.69) is 78.9 Å². The summed E-state index contributed by atoms with van der Waals surface area (Å²) in [7, 11) is 0. The maximum absolute atomic E-state index is 13.6. The minimum Gasteiger partial charge on any atom is -0.485 e. The van der Waals surface area contributed by atoms with E-state index in [0.29, 0.717) is 30.2 Å². The van der Waals surface area contributed by atoms with Crippen LogP contribution in [0.1, 0.15) is 68.1 Å². The SMILES string of the molecule is CCI.CCSC1=NC2(CC(c3ccccc3)Oc3ccc(Br)cc32)C(=O)N1CC.O=C1NC(=S)NC12CC(c1ccccc1)Oc1ccc(Br)cc12. The Kier molecular flexibility index (Phi) is 12.9. The third-order valence-electron chi connectivity index (χ3n) is 9.29. The van der Waals surface area contributed by atoms with E-state index >= 15 is 0 Å². The summed E-state index contributed by atoms with van der Waals surface area (Å²) in [6.07, 6.45) is 0.553. The highest BCUT2D eigenvalue weighted by Crippen LogP contribution is 2.51. The summed E-state index contributed by atoms with van der Waals surface area (Å²) in [5.41, 5.74) is 1.93. The van der Waals surface area contributed by atoms with Gasteiger partial charge in [-0.05, 0) is 76.8 Å². The van der Waals surface area contributed by atoms with Gasteiger partial charge >= 0.3 is 0 Å². The van der Waals surface area contributed by atoms with Gasteiger partial charge in [-0.3, -0.25) is 14.5 Å². The summed E-state index contributed by atoms with van der Waals surface area (Å²) in [4.78, 5) is 33.1. The van der Waals surface area contributed by atoms with Crippen LogP contribution < -0.4 is 20.1 Å². The van der Waals surface area contributed by atoms with Crippen molar-refractivity contribution in [3.05, 3.63) is 128 Å². The lowest BCUT2D eigenvalue weighted by Crippen LogP contribution is -2.48. The molecule has 2 N–H and O–H groups in total. The van der Waals surface area contributed by atoms with Gasteiger partial charge in [-0.1, -0.05) is 141 Å². The molecule has 2 spiro atoms. The molecule has 2 amide bonds. The predicted molar refractivity (Wildman–Crippen MR) is 232 cm³/mol. The van der Waals surface area contributed by atoms with E-state index in [1.54, 1.807) is 11.8 Å². The van der Waals surface area contributed by atoms with Gasteiger partial charge in [-0.2, -0.15) is 0 Å². The fourth-order valence-corrected chi connectivity index (χ4v) is 8.80. The van der Waals surface area contributed by atoms with Crippen LogP contribution in [-0.2, 0) is 20.7 Å². The van der Waals surface area contributed by atoms with Crippen molar-refractivity contribution in [1.82, 2.24) is 15.5 Å². The Morgan fingerprint density at radius 3 is 1.89 bits per heavy atom. The number of thioether (sulfide) groups is 1. The van der Waals surface area contributed by atoms with E-state index in [1.807, 2.05) is 109 Å². The predicted octanol–water partition coefficient (Wildman–Crippen LogP) is 9.75. The molecule has 0 aliphatic carbocycles. The Hall–Kier alpha value is -2.98. The highest BCUT2D eigenvalue weighted by atomic mass is 127. The number of hydrogen-bond donors (Lipinski definition) is 2. The fraction of sp³-hybridized carbons (Fsp3) is 0.300. The Morgan fingerprint density at radius 2 is 1.38 bits per heavy atom. The summed E-state index contributed by atoms with van der Waals surface area (Å²) >= 11 is 16.1. The van der Waals surface area contributed by atoms with E-state index < -0.39 is 11.1 Å². The molecule has 8 nitrogen and oxygen atoms in total.